The van der Waals surface area contributed by atoms with Gasteiger partial charge in [0.15, 0.2) is 0 Å². The van der Waals surface area contributed by atoms with Gasteiger partial charge in [0.05, 0.1) is 33.8 Å². The number of hydrogen-bond donors (Lipinski definition) is 2. The van der Waals surface area contributed by atoms with Crippen LogP contribution < -0.4 is 5.32 Å². The lowest BCUT2D eigenvalue weighted by molar-refractivity contribution is -0.870. The fourth-order valence-corrected chi connectivity index (χ4v) is 13.3. The molecule has 0 aromatic rings. The average Bonchev–Trinajstić information content (AvgIpc) is 3.71. The van der Waals surface area contributed by atoms with Crippen LogP contribution in [0.3, 0.4) is 0 Å². The minimum absolute atomic E-state index is 0.0462. The Bertz CT molecular complexity index is 1520. The third-order valence-electron chi connectivity index (χ3n) is 18.7. The molecule has 0 radical (unpaired) electrons. The summed E-state index contributed by atoms with van der Waals surface area (Å²) < 4.78 is 30.9. The SMILES string of the molecule is CCCCCCCCCCC/C=C/C(OC(=O)CCCCCCCCCCCCCCCCCCCCCCCCCCC)C(COP(=O)(O)OCC[N+](C)(C)C)NC(=O)CCCCCCCCCCCCCCCCCCCCCCCCCCCCC. The van der Waals surface area contributed by atoms with Crippen LogP contribution in [-0.4, -0.2) is 74.3 Å². The van der Waals surface area contributed by atoms with Crippen LogP contribution in [0.15, 0.2) is 12.2 Å². The van der Waals surface area contributed by atoms with E-state index < -0.39 is 20.0 Å². The van der Waals surface area contributed by atoms with Gasteiger partial charge in [0.1, 0.15) is 19.3 Å². The second kappa shape index (κ2) is 69.6. The van der Waals surface area contributed by atoms with Crippen LogP contribution in [0.4, 0.5) is 0 Å². The fourth-order valence-electron chi connectivity index (χ4n) is 12.6. The van der Waals surface area contributed by atoms with E-state index in [4.69, 9.17) is 13.8 Å². The Hall–Kier alpha value is -1.25. The van der Waals surface area contributed by atoms with E-state index in [9.17, 15) is 19.0 Å². The monoisotopic (exact) mass is 1280 g/mol. The minimum Gasteiger partial charge on any atom is -0.456 e. The van der Waals surface area contributed by atoms with Crippen LogP contribution in [0.25, 0.3) is 0 Å². The molecule has 0 aromatic carbocycles. The topological polar surface area (TPSA) is 111 Å². The molecular weight excluding hydrogens is 1120 g/mol. The van der Waals surface area contributed by atoms with Gasteiger partial charge in [-0.3, -0.25) is 18.6 Å². The van der Waals surface area contributed by atoms with Crippen molar-refractivity contribution in [1.82, 2.24) is 5.32 Å². The maximum atomic E-state index is 13.7. The summed E-state index contributed by atoms with van der Waals surface area (Å²) in [6.07, 6.45) is 85.5. The molecule has 0 heterocycles. The maximum Gasteiger partial charge on any atom is 0.472 e. The highest BCUT2D eigenvalue weighted by Crippen LogP contribution is 2.43. The van der Waals surface area contributed by atoms with Crippen molar-refractivity contribution >= 4 is 19.7 Å². The predicted octanol–water partition coefficient (Wildman–Crippen LogP) is 25.8. The Balaban J connectivity index is 4.82. The van der Waals surface area contributed by atoms with E-state index in [1.54, 1.807) is 0 Å². The van der Waals surface area contributed by atoms with Gasteiger partial charge < -0.3 is 19.4 Å². The van der Waals surface area contributed by atoms with Gasteiger partial charge in [-0.25, -0.2) is 4.57 Å². The molecule has 0 aromatic heterocycles. The van der Waals surface area contributed by atoms with Gasteiger partial charge >= 0.3 is 13.8 Å². The van der Waals surface area contributed by atoms with E-state index in [0.29, 0.717) is 23.9 Å². The molecule has 0 rings (SSSR count). The van der Waals surface area contributed by atoms with Crippen molar-refractivity contribution in [2.75, 3.05) is 40.9 Å². The second-order valence-corrected chi connectivity index (χ2v) is 30.4. The molecule has 3 unspecified atom stereocenters. The first-order chi connectivity index (χ1) is 43.4. The third-order valence-corrected chi connectivity index (χ3v) is 19.7. The number of phosphoric acid groups is 1. The number of likely N-dealkylation sites (N-methyl/N-ethyl adjacent to an activating group) is 1. The minimum atomic E-state index is -4.45. The maximum absolute atomic E-state index is 13.7. The molecule has 2 N–H and O–H groups in total. The van der Waals surface area contributed by atoms with E-state index >= 15 is 0 Å². The fraction of sp³-hybridized carbons (Fsp3) is 0.949. The van der Waals surface area contributed by atoms with Crippen molar-refractivity contribution in [3.05, 3.63) is 12.2 Å². The van der Waals surface area contributed by atoms with Crippen molar-refractivity contribution < 1.29 is 37.3 Å². The standard InChI is InChI=1S/C79H157N2O7P/c1-7-10-13-16-19-22-25-27-29-31-33-35-37-39-40-42-43-45-47-49-51-53-56-59-62-65-68-71-78(82)80-76(75-87-89(84,85)86-74-73-81(4,5)6)77(70-67-64-61-58-55-24-21-18-15-12-9-3)88-79(83)72-69-66-63-60-57-54-52-50-48-46-44-41-38-36-34-32-30-28-26-23-20-17-14-11-8-2/h67,70,76-77H,7-66,68-69,71-75H2,1-6H3,(H-,80,82,84,85)/p+1/b70-67+. The Kier molecular flexibility index (Phi) is 68.6. The first-order valence-electron chi connectivity index (χ1n) is 40.0. The molecule has 3 atom stereocenters. The molecule has 0 bridgehead atoms. The lowest BCUT2D eigenvalue weighted by Gasteiger charge is -2.27. The Labute approximate surface area is 556 Å². The molecule has 89 heavy (non-hydrogen) atoms. The molecule has 1 amide bonds. The van der Waals surface area contributed by atoms with E-state index in [2.05, 4.69) is 32.2 Å². The summed E-state index contributed by atoms with van der Waals surface area (Å²) in [4.78, 5) is 38.0. The molecule has 0 aliphatic heterocycles. The predicted molar refractivity (Wildman–Crippen MR) is 388 cm³/mol. The summed E-state index contributed by atoms with van der Waals surface area (Å²) in [6, 6.07) is -0.841. The number of carbonyl (C=O) groups excluding carboxylic acids is 2. The zero-order chi connectivity index (χ0) is 64.9. The largest absolute Gasteiger partial charge is 0.472 e. The first kappa shape index (κ1) is 87.8. The normalized spacial score (nSPS) is 13.4. The molecule has 10 heteroatoms. The van der Waals surface area contributed by atoms with Crippen molar-refractivity contribution in [3.63, 3.8) is 0 Å². The van der Waals surface area contributed by atoms with Gasteiger partial charge in [-0.2, -0.15) is 0 Å². The molecule has 0 aliphatic carbocycles. The van der Waals surface area contributed by atoms with Gasteiger partial charge in [-0.1, -0.05) is 399 Å². The molecule has 0 fully saturated rings. The van der Waals surface area contributed by atoms with Crippen LogP contribution in [0.2, 0.25) is 0 Å². The van der Waals surface area contributed by atoms with E-state index in [1.165, 1.54) is 340 Å². The number of carbonyl (C=O) groups is 2. The van der Waals surface area contributed by atoms with E-state index in [0.717, 1.165) is 57.8 Å². The van der Waals surface area contributed by atoms with Crippen LogP contribution in [0.5, 0.6) is 0 Å². The van der Waals surface area contributed by atoms with Gasteiger partial charge in [0, 0.05) is 12.8 Å². The molecule has 0 saturated carbocycles. The number of rotatable bonds is 75. The number of nitrogens with one attached hydrogen (secondary N) is 1. The molecule has 0 saturated heterocycles. The number of esters is 1. The summed E-state index contributed by atoms with van der Waals surface area (Å²) >= 11 is 0. The lowest BCUT2D eigenvalue weighted by Crippen LogP contribution is -2.47. The molecular formula is C79H158N2O7P+. The summed E-state index contributed by atoms with van der Waals surface area (Å²) in [6.45, 7) is 7.11. The number of phosphoric ester groups is 1. The summed E-state index contributed by atoms with van der Waals surface area (Å²) in [5, 5.41) is 3.09. The first-order valence-corrected chi connectivity index (χ1v) is 41.5. The number of quaternary nitrogens is 1. The Morgan fingerprint density at radius 2 is 0.640 bits per heavy atom. The molecule has 9 nitrogen and oxygen atoms in total. The van der Waals surface area contributed by atoms with Crippen LogP contribution >= 0.6 is 7.82 Å². The zero-order valence-corrected chi connectivity index (χ0v) is 61.9. The van der Waals surface area contributed by atoms with Crippen LogP contribution in [-0.2, 0) is 27.9 Å². The average molecular weight is 1280 g/mol. The highest BCUT2D eigenvalue weighted by molar-refractivity contribution is 7.47. The molecule has 530 valence electrons. The van der Waals surface area contributed by atoms with Crippen LogP contribution in [0, 0.1) is 0 Å². The van der Waals surface area contributed by atoms with Crippen molar-refractivity contribution in [1.29, 1.82) is 0 Å². The zero-order valence-electron chi connectivity index (χ0n) is 61.0. The summed E-state index contributed by atoms with van der Waals surface area (Å²) in [7, 11) is 1.53. The number of ether oxygens (including phenoxy) is 1. The quantitative estimate of drug-likeness (QED) is 0.0205. The lowest BCUT2D eigenvalue weighted by atomic mass is 10.0. The molecule has 0 aliphatic rings. The van der Waals surface area contributed by atoms with Gasteiger partial charge in [-0.15, -0.1) is 0 Å². The number of hydrogen-bond acceptors (Lipinski definition) is 6. The number of amides is 1. The van der Waals surface area contributed by atoms with Crippen LogP contribution in [0.1, 0.15) is 432 Å². The van der Waals surface area contributed by atoms with Crippen molar-refractivity contribution in [2.24, 2.45) is 0 Å². The van der Waals surface area contributed by atoms with E-state index in [1.807, 2.05) is 27.2 Å². The van der Waals surface area contributed by atoms with Gasteiger partial charge in [0.25, 0.3) is 0 Å². The number of unbranched alkanes of at least 4 members (excludes halogenated alkanes) is 59. The highest BCUT2D eigenvalue weighted by Gasteiger charge is 2.30. The Morgan fingerprint density at radius 3 is 0.921 bits per heavy atom. The van der Waals surface area contributed by atoms with Gasteiger partial charge in [-0.05, 0) is 31.8 Å². The molecule has 0 spiro atoms. The van der Waals surface area contributed by atoms with Crippen molar-refractivity contribution in [3.8, 4) is 0 Å². The summed E-state index contributed by atoms with van der Waals surface area (Å²) in [5.74, 6) is -0.474. The highest BCUT2D eigenvalue weighted by atomic mass is 31.2. The number of nitrogens with zero attached hydrogens (tertiary/aromatic N) is 1. The summed E-state index contributed by atoms with van der Waals surface area (Å²) in [5.41, 5.74) is 0. The second-order valence-electron chi connectivity index (χ2n) is 29.0. The Morgan fingerprint density at radius 1 is 0.382 bits per heavy atom. The third kappa shape index (κ3) is 70.9. The van der Waals surface area contributed by atoms with Gasteiger partial charge in [0.2, 0.25) is 5.91 Å². The smallest absolute Gasteiger partial charge is 0.456 e. The van der Waals surface area contributed by atoms with Crippen molar-refractivity contribution in [2.45, 2.75) is 444 Å². The number of allylic oxidation sites excluding steroid dienone is 1. The van der Waals surface area contributed by atoms with E-state index in [-0.39, 0.29) is 25.1 Å².